The van der Waals surface area contributed by atoms with Gasteiger partial charge in [-0.1, -0.05) is 33.0 Å². The first-order valence-electron chi connectivity index (χ1n) is 5.17. The zero-order chi connectivity index (χ0) is 11.8. The minimum absolute atomic E-state index is 0.0258. The molecule has 0 saturated heterocycles. The quantitative estimate of drug-likeness (QED) is 0.686. The van der Waals surface area contributed by atoms with E-state index in [1.807, 2.05) is 20.8 Å². The van der Waals surface area contributed by atoms with E-state index in [0.717, 1.165) is 6.42 Å². The van der Waals surface area contributed by atoms with E-state index in [4.69, 9.17) is 22.7 Å². The first kappa shape index (κ1) is 14.2. The maximum Gasteiger partial charge on any atom is 0.407 e. The van der Waals surface area contributed by atoms with Gasteiger partial charge in [0.1, 0.15) is 0 Å². The normalized spacial score (nSPS) is 12.3. The molecule has 0 saturated carbocycles. The Kier molecular flexibility index (Phi) is 7.03. The van der Waals surface area contributed by atoms with Gasteiger partial charge in [0, 0.05) is 12.5 Å². The van der Waals surface area contributed by atoms with Gasteiger partial charge in [-0.25, -0.2) is 4.79 Å². The number of alkyl carbamates (subject to hydrolysis) is 1. The first-order valence-corrected chi connectivity index (χ1v) is 5.58. The molecule has 0 radical (unpaired) electrons. The molecule has 0 rings (SSSR count). The summed E-state index contributed by atoms with van der Waals surface area (Å²) in [4.78, 5) is 11.7. The molecular weight excluding hydrogens is 212 g/mol. The topological polar surface area (TPSA) is 64.3 Å². The zero-order valence-corrected chi connectivity index (χ0v) is 10.4. The van der Waals surface area contributed by atoms with E-state index < -0.39 is 6.09 Å². The van der Waals surface area contributed by atoms with Gasteiger partial charge in [0.15, 0.2) is 0 Å². The zero-order valence-electron chi connectivity index (χ0n) is 9.58. The molecule has 15 heavy (non-hydrogen) atoms. The maximum atomic E-state index is 11.3. The van der Waals surface area contributed by atoms with Crippen molar-refractivity contribution in [3.05, 3.63) is 0 Å². The minimum atomic E-state index is -0.396. The molecule has 0 spiro atoms. The van der Waals surface area contributed by atoms with Crippen LogP contribution in [0.5, 0.6) is 0 Å². The van der Waals surface area contributed by atoms with E-state index in [2.05, 4.69) is 5.32 Å². The third-order valence-electron chi connectivity index (χ3n) is 1.81. The van der Waals surface area contributed by atoms with E-state index in [1.54, 1.807) is 0 Å². The molecule has 5 heteroatoms. The lowest BCUT2D eigenvalue weighted by Gasteiger charge is -2.16. The van der Waals surface area contributed by atoms with Gasteiger partial charge in [-0.3, -0.25) is 0 Å². The second kappa shape index (κ2) is 7.45. The summed E-state index contributed by atoms with van der Waals surface area (Å²) in [5.41, 5.74) is 5.41. The monoisotopic (exact) mass is 232 g/mol. The van der Waals surface area contributed by atoms with E-state index in [9.17, 15) is 4.79 Å². The molecule has 0 aliphatic rings. The highest BCUT2D eigenvalue weighted by molar-refractivity contribution is 7.80. The predicted molar refractivity (Wildman–Crippen MR) is 64.8 cm³/mol. The summed E-state index contributed by atoms with van der Waals surface area (Å²) in [6, 6.07) is -0.0258. The molecule has 0 aromatic heterocycles. The molecule has 0 aromatic carbocycles. The van der Waals surface area contributed by atoms with Gasteiger partial charge >= 0.3 is 6.09 Å². The number of hydrogen-bond acceptors (Lipinski definition) is 3. The van der Waals surface area contributed by atoms with Crippen LogP contribution in [0.15, 0.2) is 0 Å². The van der Waals surface area contributed by atoms with E-state index in [-0.39, 0.29) is 6.04 Å². The van der Waals surface area contributed by atoms with Crippen LogP contribution in [0.1, 0.15) is 33.6 Å². The van der Waals surface area contributed by atoms with Gasteiger partial charge in [0.2, 0.25) is 0 Å². The molecule has 0 heterocycles. The van der Waals surface area contributed by atoms with Gasteiger partial charge in [-0.05, 0) is 12.3 Å². The van der Waals surface area contributed by atoms with E-state index in [1.165, 1.54) is 0 Å². The van der Waals surface area contributed by atoms with Gasteiger partial charge < -0.3 is 15.8 Å². The molecule has 1 atom stereocenters. The molecule has 3 N–H and O–H groups in total. The molecule has 0 aromatic rings. The Balaban J connectivity index is 3.85. The fourth-order valence-electron chi connectivity index (χ4n) is 0.991. The number of nitrogens with one attached hydrogen (secondary N) is 1. The van der Waals surface area contributed by atoms with Crippen LogP contribution in [0.25, 0.3) is 0 Å². The van der Waals surface area contributed by atoms with Crippen molar-refractivity contribution in [3.63, 3.8) is 0 Å². The van der Waals surface area contributed by atoms with Crippen LogP contribution in [0, 0.1) is 5.92 Å². The number of carbonyl (C=O) groups excluding carboxylic acids is 1. The van der Waals surface area contributed by atoms with Crippen LogP contribution in [-0.4, -0.2) is 23.7 Å². The molecule has 1 amide bonds. The number of amides is 1. The average molecular weight is 232 g/mol. The first-order chi connectivity index (χ1) is 6.95. The van der Waals surface area contributed by atoms with Crippen molar-refractivity contribution in [2.75, 3.05) is 6.61 Å². The highest BCUT2D eigenvalue weighted by Gasteiger charge is 2.12. The van der Waals surface area contributed by atoms with Gasteiger partial charge in [0.25, 0.3) is 0 Å². The molecule has 0 aliphatic heterocycles. The second-order valence-electron chi connectivity index (χ2n) is 3.91. The number of ether oxygens (including phenoxy) is 1. The van der Waals surface area contributed by atoms with Crippen molar-refractivity contribution in [2.45, 2.75) is 39.7 Å². The number of nitrogens with two attached hydrogens (primary N) is 1. The molecule has 1 unspecified atom stereocenters. The van der Waals surface area contributed by atoms with Crippen LogP contribution in [0.4, 0.5) is 4.79 Å². The minimum Gasteiger partial charge on any atom is -0.449 e. The van der Waals surface area contributed by atoms with Crippen LogP contribution >= 0.6 is 12.2 Å². The van der Waals surface area contributed by atoms with Gasteiger partial charge in [-0.2, -0.15) is 0 Å². The lowest BCUT2D eigenvalue weighted by atomic mass is 10.1. The van der Waals surface area contributed by atoms with E-state index >= 15 is 0 Å². The Morgan fingerprint density at radius 2 is 2.13 bits per heavy atom. The molecular formula is C10H20N2O2S. The third-order valence-corrected chi connectivity index (χ3v) is 1.98. The lowest BCUT2D eigenvalue weighted by Crippen LogP contribution is -2.37. The number of rotatable bonds is 6. The summed E-state index contributed by atoms with van der Waals surface area (Å²) in [5, 5.41) is 2.72. The Morgan fingerprint density at radius 1 is 1.53 bits per heavy atom. The van der Waals surface area contributed by atoms with E-state index in [0.29, 0.717) is 23.9 Å². The predicted octanol–water partition coefficient (Wildman–Crippen LogP) is 1.82. The van der Waals surface area contributed by atoms with Crippen molar-refractivity contribution in [3.8, 4) is 0 Å². The second-order valence-corrected chi connectivity index (χ2v) is 4.44. The maximum absolute atomic E-state index is 11.3. The van der Waals surface area contributed by atoms with Crippen LogP contribution < -0.4 is 11.1 Å². The highest BCUT2D eigenvalue weighted by Crippen LogP contribution is 1.99. The Hall–Kier alpha value is -0.840. The average Bonchev–Trinajstić information content (AvgIpc) is 2.13. The Bertz CT molecular complexity index is 219. The largest absolute Gasteiger partial charge is 0.449 e. The van der Waals surface area contributed by atoms with Gasteiger partial charge in [0.05, 0.1) is 11.6 Å². The summed E-state index contributed by atoms with van der Waals surface area (Å²) < 4.78 is 4.98. The molecule has 0 fully saturated rings. The summed E-state index contributed by atoms with van der Waals surface area (Å²) >= 11 is 4.78. The van der Waals surface area contributed by atoms with Crippen molar-refractivity contribution >= 4 is 23.3 Å². The molecule has 88 valence electrons. The number of carbonyl (C=O) groups is 1. The molecule has 0 bridgehead atoms. The van der Waals surface area contributed by atoms with Crippen molar-refractivity contribution in [1.82, 2.24) is 5.32 Å². The summed E-state index contributed by atoms with van der Waals surface area (Å²) in [6.45, 7) is 6.36. The standard InChI is InChI=1S/C10H20N2O2S/c1-4-8(5-9(11)15)12-10(13)14-6-7(2)3/h7-8H,4-6H2,1-3H3,(H2,11,15)(H,12,13). The fourth-order valence-corrected chi connectivity index (χ4v) is 1.19. The van der Waals surface area contributed by atoms with Crippen LogP contribution in [-0.2, 0) is 4.74 Å². The van der Waals surface area contributed by atoms with Gasteiger partial charge in [-0.15, -0.1) is 0 Å². The number of hydrogen-bond donors (Lipinski definition) is 2. The molecule has 4 nitrogen and oxygen atoms in total. The summed E-state index contributed by atoms with van der Waals surface area (Å²) in [5.74, 6) is 0.339. The number of thiocarbonyl (C=S) groups is 1. The third kappa shape index (κ3) is 8.17. The summed E-state index contributed by atoms with van der Waals surface area (Å²) in [6.07, 6.45) is 0.906. The fraction of sp³-hybridized carbons (Fsp3) is 0.800. The van der Waals surface area contributed by atoms with Crippen LogP contribution in [0.2, 0.25) is 0 Å². The highest BCUT2D eigenvalue weighted by atomic mass is 32.1. The SMILES string of the molecule is CCC(CC(N)=S)NC(=O)OCC(C)C. The Morgan fingerprint density at radius 3 is 2.53 bits per heavy atom. The Labute approximate surface area is 96.5 Å². The smallest absolute Gasteiger partial charge is 0.407 e. The molecule has 0 aliphatic carbocycles. The van der Waals surface area contributed by atoms with Crippen LogP contribution in [0.3, 0.4) is 0 Å². The van der Waals surface area contributed by atoms with Crippen molar-refractivity contribution < 1.29 is 9.53 Å². The lowest BCUT2D eigenvalue weighted by molar-refractivity contribution is 0.129. The van der Waals surface area contributed by atoms with Crippen molar-refractivity contribution in [2.24, 2.45) is 11.7 Å². The van der Waals surface area contributed by atoms with Crippen molar-refractivity contribution in [1.29, 1.82) is 0 Å². The summed E-state index contributed by atoms with van der Waals surface area (Å²) in [7, 11) is 0.